The van der Waals surface area contributed by atoms with E-state index in [1.807, 2.05) is 0 Å². The van der Waals surface area contributed by atoms with E-state index in [-0.39, 0.29) is 10.8 Å². The van der Waals surface area contributed by atoms with E-state index in [1.54, 1.807) is 6.07 Å². The van der Waals surface area contributed by atoms with Crippen molar-refractivity contribution in [3.63, 3.8) is 0 Å². The van der Waals surface area contributed by atoms with Gasteiger partial charge in [-0.1, -0.05) is 18.2 Å². The Morgan fingerprint density at radius 1 is 1.40 bits per heavy atom. The Hall–Kier alpha value is -1.66. The summed E-state index contributed by atoms with van der Waals surface area (Å²) in [6, 6.07) is 7.33. The van der Waals surface area contributed by atoms with Crippen molar-refractivity contribution in [2.24, 2.45) is 0 Å². The lowest BCUT2D eigenvalue weighted by Gasteiger charge is -2.29. The number of carboxylic acids is 1. The average Bonchev–Trinajstić information content (AvgIpc) is 2.28. The molecule has 0 aliphatic heterocycles. The number of halogens is 1. The van der Waals surface area contributed by atoms with E-state index < -0.39 is 18.4 Å². The lowest BCUT2D eigenvalue weighted by atomic mass is 10.2. The number of benzene rings is 1. The summed E-state index contributed by atoms with van der Waals surface area (Å²) < 4.78 is 12.4. The summed E-state index contributed by atoms with van der Waals surface area (Å²) in [5, 5.41) is 27.2. The maximum absolute atomic E-state index is 12.4. The predicted octanol–water partition coefficient (Wildman–Crippen LogP) is 0.625. The fraction of sp³-hybridized carbons (Fsp3) is 0.222. The highest BCUT2D eigenvalue weighted by Crippen LogP contribution is 2.20. The molecule has 0 aliphatic carbocycles. The maximum atomic E-state index is 12.4. The summed E-state index contributed by atoms with van der Waals surface area (Å²) in [4.78, 5) is 10.6. The fourth-order valence-electron chi connectivity index (χ4n) is 0.987. The first-order valence-electron chi connectivity index (χ1n) is 4.08. The van der Waals surface area contributed by atoms with Crippen molar-refractivity contribution < 1.29 is 24.6 Å². The third kappa shape index (κ3) is 2.05. The summed E-state index contributed by atoms with van der Waals surface area (Å²) in [5.74, 6) is -1.86. The zero-order valence-corrected chi connectivity index (χ0v) is 7.67. The van der Waals surface area contributed by atoms with E-state index in [0.717, 1.165) is 0 Å². The first-order valence-corrected chi connectivity index (χ1v) is 4.08. The molecule has 0 aromatic heterocycles. The number of aliphatic hydroxyl groups is 1. The molecular formula is C9H10FNO4. The third-order valence-corrected chi connectivity index (χ3v) is 1.88. The van der Waals surface area contributed by atoms with E-state index in [0.29, 0.717) is 0 Å². The van der Waals surface area contributed by atoms with Crippen LogP contribution in [0.1, 0.15) is 0 Å². The van der Waals surface area contributed by atoms with Gasteiger partial charge in [0.1, 0.15) is 0 Å². The van der Waals surface area contributed by atoms with Crippen LogP contribution in [-0.4, -0.2) is 33.8 Å². The molecule has 0 aliphatic rings. The molecule has 1 rings (SSSR count). The summed E-state index contributed by atoms with van der Waals surface area (Å²) in [6.45, 7) is -1.63. The van der Waals surface area contributed by atoms with Crippen LogP contribution < -0.4 is 5.06 Å². The Labute approximate surface area is 84.9 Å². The van der Waals surface area contributed by atoms with Gasteiger partial charge in [0.15, 0.2) is 6.67 Å². The molecule has 0 saturated heterocycles. The third-order valence-electron chi connectivity index (χ3n) is 1.88. The summed E-state index contributed by atoms with van der Waals surface area (Å²) in [6.07, 6.45) is 0. The summed E-state index contributed by atoms with van der Waals surface area (Å²) in [5.41, 5.74) is -2.97. The van der Waals surface area contributed by atoms with Gasteiger partial charge < -0.3 is 10.2 Å². The van der Waals surface area contributed by atoms with Crippen molar-refractivity contribution in [1.82, 2.24) is 0 Å². The molecule has 0 unspecified atom stereocenters. The van der Waals surface area contributed by atoms with E-state index in [2.05, 4.69) is 0 Å². The number of hydroxylamine groups is 1. The van der Waals surface area contributed by atoms with E-state index in [4.69, 9.17) is 5.11 Å². The monoisotopic (exact) mass is 215 g/mol. The topological polar surface area (TPSA) is 81.0 Å². The first kappa shape index (κ1) is 11.4. The number of alkyl halides is 1. The molecule has 1 atom stereocenters. The Kier molecular flexibility index (Phi) is 3.23. The van der Waals surface area contributed by atoms with Crippen LogP contribution in [0.3, 0.4) is 0 Å². The van der Waals surface area contributed by atoms with E-state index in [1.165, 1.54) is 24.3 Å². The van der Waals surface area contributed by atoms with Crippen LogP contribution in [0.2, 0.25) is 0 Å². The maximum Gasteiger partial charge on any atom is 0.362 e. The molecule has 1 aromatic carbocycles. The Balaban J connectivity index is 3.02. The lowest BCUT2D eigenvalue weighted by Crippen LogP contribution is -2.55. The van der Waals surface area contributed by atoms with Crippen LogP contribution in [0, 0.1) is 0 Å². The number of hydrogen-bond acceptors (Lipinski definition) is 4. The van der Waals surface area contributed by atoms with Crippen LogP contribution in [0.15, 0.2) is 30.3 Å². The lowest BCUT2D eigenvalue weighted by molar-refractivity contribution is -0.167. The zero-order chi connectivity index (χ0) is 11.5. The molecule has 15 heavy (non-hydrogen) atoms. The van der Waals surface area contributed by atoms with Gasteiger partial charge in [-0.25, -0.2) is 14.2 Å². The standard InChI is InChI=1S/C9H10FNO4/c10-6-9(14,8(12)13)11(15)7-4-2-1-3-5-7/h1-5,14-15H,6H2,(H,12,13)/t9-/m1/s1. The highest BCUT2D eigenvalue weighted by Gasteiger charge is 2.43. The Bertz CT molecular complexity index is 345. The second kappa shape index (κ2) is 4.24. The van der Waals surface area contributed by atoms with Crippen LogP contribution in [0.4, 0.5) is 10.1 Å². The number of carbonyl (C=O) groups is 1. The van der Waals surface area contributed by atoms with Gasteiger partial charge in [0.2, 0.25) is 0 Å². The molecule has 0 saturated carbocycles. The molecule has 1 aromatic rings. The molecule has 0 radical (unpaired) electrons. The second-order valence-corrected chi connectivity index (χ2v) is 2.90. The van der Waals surface area contributed by atoms with Crippen molar-refractivity contribution in [2.45, 2.75) is 5.72 Å². The van der Waals surface area contributed by atoms with Gasteiger partial charge in [-0.15, -0.1) is 0 Å². The molecule has 0 heterocycles. The SMILES string of the molecule is O=C(O)[C@](O)(CF)N(O)c1ccccc1. The molecule has 3 N–H and O–H groups in total. The van der Waals surface area contributed by atoms with Gasteiger partial charge in [0.25, 0.3) is 5.72 Å². The smallest absolute Gasteiger partial charge is 0.362 e. The van der Waals surface area contributed by atoms with Gasteiger partial charge in [0.05, 0.1) is 5.69 Å². The van der Waals surface area contributed by atoms with Crippen molar-refractivity contribution in [3.05, 3.63) is 30.3 Å². The van der Waals surface area contributed by atoms with Gasteiger partial charge in [-0.05, 0) is 12.1 Å². The quantitative estimate of drug-likeness (QED) is 0.507. The normalized spacial score (nSPS) is 14.3. The van der Waals surface area contributed by atoms with Crippen molar-refractivity contribution in [1.29, 1.82) is 0 Å². The Morgan fingerprint density at radius 2 is 1.93 bits per heavy atom. The molecule has 6 heteroatoms. The minimum absolute atomic E-state index is 0.0138. The minimum Gasteiger partial charge on any atom is -0.478 e. The second-order valence-electron chi connectivity index (χ2n) is 2.90. The number of nitrogens with zero attached hydrogens (tertiary/aromatic N) is 1. The van der Waals surface area contributed by atoms with E-state index in [9.17, 15) is 19.5 Å². The van der Waals surface area contributed by atoms with Crippen molar-refractivity contribution >= 4 is 11.7 Å². The summed E-state index contributed by atoms with van der Waals surface area (Å²) >= 11 is 0. The number of hydrogen-bond donors (Lipinski definition) is 3. The number of rotatable bonds is 4. The van der Waals surface area contributed by atoms with Crippen molar-refractivity contribution in [2.75, 3.05) is 11.7 Å². The van der Waals surface area contributed by atoms with Gasteiger partial charge in [-0.2, -0.15) is 0 Å². The minimum atomic E-state index is -2.96. The molecule has 0 amide bonds. The number of para-hydroxylation sites is 1. The van der Waals surface area contributed by atoms with Crippen molar-refractivity contribution in [3.8, 4) is 0 Å². The molecule has 0 spiro atoms. The van der Waals surface area contributed by atoms with Gasteiger partial charge in [-0.3, -0.25) is 5.21 Å². The van der Waals surface area contributed by atoms with Crippen LogP contribution in [-0.2, 0) is 4.79 Å². The molecule has 0 bridgehead atoms. The number of anilines is 1. The van der Waals surface area contributed by atoms with Gasteiger partial charge in [0, 0.05) is 0 Å². The molecule has 0 fully saturated rings. The van der Waals surface area contributed by atoms with Crippen LogP contribution in [0.25, 0.3) is 0 Å². The summed E-state index contributed by atoms with van der Waals surface area (Å²) in [7, 11) is 0. The molecule has 82 valence electrons. The highest BCUT2D eigenvalue weighted by molar-refractivity contribution is 5.80. The first-order chi connectivity index (χ1) is 7.02. The van der Waals surface area contributed by atoms with Crippen LogP contribution in [0.5, 0.6) is 0 Å². The van der Waals surface area contributed by atoms with Crippen LogP contribution >= 0.6 is 0 Å². The zero-order valence-electron chi connectivity index (χ0n) is 7.67. The average molecular weight is 215 g/mol. The van der Waals surface area contributed by atoms with E-state index >= 15 is 0 Å². The fourth-order valence-corrected chi connectivity index (χ4v) is 0.987. The number of aliphatic carboxylic acids is 1. The molecular weight excluding hydrogens is 205 g/mol. The predicted molar refractivity (Wildman–Crippen MR) is 49.3 cm³/mol. The largest absolute Gasteiger partial charge is 0.478 e. The van der Waals surface area contributed by atoms with Gasteiger partial charge >= 0.3 is 5.97 Å². The number of carboxylic acid groups (broad SMARTS) is 1. The molecule has 5 nitrogen and oxygen atoms in total. The Morgan fingerprint density at radius 3 is 2.33 bits per heavy atom. The highest BCUT2D eigenvalue weighted by atomic mass is 19.1.